The molecule has 2 aromatic heterocycles. The summed E-state index contributed by atoms with van der Waals surface area (Å²) in [4.78, 5) is 17.9. The average Bonchev–Trinajstić information content (AvgIpc) is 3.06. The Bertz CT molecular complexity index is 704. The second-order valence-corrected chi connectivity index (χ2v) is 5.59. The van der Waals surface area contributed by atoms with Crippen molar-refractivity contribution in [2.75, 3.05) is 6.61 Å². The van der Waals surface area contributed by atoms with Gasteiger partial charge in [-0.15, -0.1) is 11.3 Å². The van der Waals surface area contributed by atoms with Gasteiger partial charge in [-0.2, -0.15) is 0 Å². The third kappa shape index (κ3) is 3.04. The van der Waals surface area contributed by atoms with Gasteiger partial charge in [-0.3, -0.25) is 9.20 Å². The molecule has 0 N–H and O–H groups in total. The molecule has 4 nitrogen and oxygen atoms in total. The van der Waals surface area contributed by atoms with E-state index >= 15 is 0 Å². The summed E-state index contributed by atoms with van der Waals surface area (Å²) in [7, 11) is 0. The number of aromatic nitrogens is 2. The zero-order chi connectivity index (χ0) is 14.7. The molecule has 0 fully saturated rings. The minimum absolute atomic E-state index is 0.0359. The van der Waals surface area contributed by atoms with Crippen molar-refractivity contribution in [2.24, 2.45) is 0 Å². The van der Waals surface area contributed by atoms with Gasteiger partial charge in [0.1, 0.15) is 6.10 Å². The van der Waals surface area contributed by atoms with E-state index in [1.165, 1.54) is 0 Å². The number of Topliss-reactive ketones (excluding diaryl/α,β-unsaturated/α-hetero) is 1. The number of hydrogen-bond donors (Lipinski definition) is 0. The Morgan fingerprint density at radius 1 is 1.38 bits per heavy atom. The summed E-state index contributed by atoms with van der Waals surface area (Å²) in [6.45, 7) is 2.40. The summed E-state index contributed by atoms with van der Waals surface area (Å²) in [5.74, 6) is 0.0359. The summed E-state index contributed by atoms with van der Waals surface area (Å²) < 4.78 is 7.57. The number of fused-ring (bicyclic) bond motifs is 1. The van der Waals surface area contributed by atoms with Crippen molar-refractivity contribution in [1.29, 1.82) is 0 Å². The molecule has 1 atom stereocenters. The van der Waals surface area contributed by atoms with Crippen molar-refractivity contribution >= 4 is 22.1 Å². The fourth-order valence-corrected chi connectivity index (χ4v) is 3.02. The molecule has 3 aromatic rings. The minimum atomic E-state index is -0.518. The summed E-state index contributed by atoms with van der Waals surface area (Å²) in [5.41, 5.74) is 1.68. The van der Waals surface area contributed by atoms with E-state index in [9.17, 15) is 4.79 Å². The SMILES string of the molecule is CCOC(C(=O)Cc1cn2ccsc2n1)c1ccccc1. The standard InChI is InChI=1S/C16H16N2O2S/c1-2-20-15(12-6-4-3-5-7-12)14(19)10-13-11-18-8-9-21-16(18)17-13/h3-9,11,15H,2,10H2,1H3. The smallest absolute Gasteiger partial charge is 0.193 e. The van der Waals surface area contributed by atoms with Crippen LogP contribution in [0.2, 0.25) is 0 Å². The normalized spacial score (nSPS) is 12.6. The number of ketones is 1. The second-order valence-electron chi connectivity index (χ2n) is 4.71. The zero-order valence-electron chi connectivity index (χ0n) is 11.7. The molecule has 0 amide bonds. The van der Waals surface area contributed by atoms with Crippen LogP contribution in [0.4, 0.5) is 0 Å². The lowest BCUT2D eigenvalue weighted by Gasteiger charge is -2.15. The van der Waals surface area contributed by atoms with Crippen LogP contribution in [0, 0.1) is 0 Å². The lowest BCUT2D eigenvalue weighted by molar-refractivity contribution is -0.130. The monoisotopic (exact) mass is 300 g/mol. The first-order valence-corrected chi connectivity index (χ1v) is 7.76. The third-order valence-corrected chi connectivity index (χ3v) is 4.00. The Morgan fingerprint density at radius 3 is 2.90 bits per heavy atom. The topological polar surface area (TPSA) is 43.6 Å². The number of imidazole rings is 1. The Morgan fingerprint density at radius 2 is 2.19 bits per heavy atom. The van der Waals surface area contributed by atoms with Crippen LogP contribution in [0.25, 0.3) is 4.96 Å². The molecule has 0 aliphatic heterocycles. The summed E-state index contributed by atoms with van der Waals surface area (Å²) >= 11 is 1.56. The zero-order valence-corrected chi connectivity index (χ0v) is 12.5. The Kier molecular flexibility index (Phi) is 4.13. The van der Waals surface area contributed by atoms with Gasteiger partial charge in [0.2, 0.25) is 0 Å². The second kappa shape index (κ2) is 6.20. The molecule has 108 valence electrons. The third-order valence-electron chi connectivity index (χ3n) is 3.23. The average molecular weight is 300 g/mol. The molecule has 5 heteroatoms. The van der Waals surface area contributed by atoms with Gasteiger partial charge in [0, 0.05) is 24.4 Å². The Labute approximate surface area is 127 Å². The number of thiazole rings is 1. The highest BCUT2D eigenvalue weighted by molar-refractivity contribution is 7.15. The van der Waals surface area contributed by atoms with E-state index in [0.717, 1.165) is 16.2 Å². The molecule has 0 spiro atoms. The van der Waals surface area contributed by atoms with Crippen LogP contribution < -0.4 is 0 Å². The highest BCUT2D eigenvalue weighted by Crippen LogP contribution is 2.21. The van der Waals surface area contributed by atoms with Crippen LogP contribution >= 0.6 is 11.3 Å². The Hall–Kier alpha value is -1.98. The molecule has 1 unspecified atom stereocenters. The fourth-order valence-electron chi connectivity index (χ4n) is 2.30. The van der Waals surface area contributed by atoms with E-state index < -0.39 is 6.10 Å². The van der Waals surface area contributed by atoms with Crippen molar-refractivity contribution < 1.29 is 9.53 Å². The number of carbonyl (C=O) groups is 1. The molecule has 0 saturated carbocycles. The van der Waals surface area contributed by atoms with E-state index in [1.54, 1.807) is 11.3 Å². The molecule has 0 bridgehead atoms. The van der Waals surface area contributed by atoms with Gasteiger partial charge in [-0.1, -0.05) is 30.3 Å². The van der Waals surface area contributed by atoms with E-state index in [4.69, 9.17) is 4.74 Å². The van der Waals surface area contributed by atoms with Gasteiger partial charge in [-0.05, 0) is 12.5 Å². The summed E-state index contributed by atoms with van der Waals surface area (Å²) in [6, 6.07) is 9.61. The predicted octanol–water partition coefficient (Wildman–Crippen LogP) is 3.29. The number of benzene rings is 1. The molecule has 0 aliphatic rings. The number of carbonyl (C=O) groups excluding carboxylic acids is 1. The molecular weight excluding hydrogens is 284 g/mol. The maximum Gasteiger partial charge on any atom is 0.193 e. The van der Waals surface area contributed by atoms with Crippen molar-refractivity contribution in [3.05, 3.63) is 59.4 Å². The molecule has 3 rings (SSSR count). The van der Waals surface area contributed by atoms with E-state index in [2.05, 4.69) is 4.98 Å². The van der Waals surface area contributed by atoms with Gasteiger partial charge in [-0.25, -0.2) is 4.98 Å². The molecule has 21 heavy (non-hydrogen) atoms. The Balaban J connectivity index is 1.79. The van der Waals surface area contributed by atoms with Crippen LogP contribution in [-0.4, -0.2) is 21.8 Å². The molecule has 2 heterocycles. The largest absolute Gasteiger partial charge is 0.366 e. The number of ether oxygens (including phenoxy) is 1. The summed E-state index contributed by atoms with van der Waals surface area (Å²) in [5, 5.41) is 1.97. The maximum atomic E-state index is 12.5. The lowest BCUT2D eigenvalue weighted by atomic mass is 10.0. The van der Waals surface area contributed by atoms with Crippen LogP contribution in [-0.2, 0) is 16.0 Å². The first-order valence-electron chi connectivity index (χ1n) is 6.88. The molecule has 0 radical (unpaired) electrons. The molecule has 0 aliphatic carbocycles. The summed E-state index contributed by atoms with van der Waals surface area (Å²) in [6.07, 6.45) is 3.61. The van der Waals surface area contributed by atoms with Crippen molar-refractivity contribution in [3.8, 4) is 0 Å². The van der Waals surface area contributed by atoms with Gasteiger partial charge in [0.15, 0.2) is 10.7 Å². The number of hydrogen-bond acceptors (Lipinski definition) is 4. The van der Waals surface area contributed by atoms with Crippen molar-refractivity contribution in [2.45, 2.75) is 19.4 Å². The van der Waals surface area contributed by atoms with Crippen LogP contribution in [0.5, 0.6) is 0 Å². The van der Waals surface area contributed by atoms with Gasteiger partial charge in [0.05, 0.1) is 12.1 Å². The highest BCUT2D eigenvalue weighted by Gasteiger charge is 2.21. The minimum Gasteiger partial charge on any atom is -0.366 e. The van der Waals surface area contributed by atoms with Crippen LogP contribution in [0.3, 0.4) is 0 Å². The van der Waals surface area contributed by atoms with Gasteiger partial charge in [0.25, 0.3) is 0 Å². The molecular formula is C16H16N2O2S. The maximum absolute atomic E-state index is 12.5. The highest BCUT2D eigenvalue weighted by atomic mass is 32.1. The molecule has 1 aromatic carbocycles. The number of nitrogens with zero attached hydrogens (tertiary/aromatic N) is 2. The van der Waals surface area contributed by atoms with Gasteiger partial charge < -0.3 is 4.74 Å². The number of rotatable bonds is 6. The van der Waals surface area contributed by atoms with E-state index in [1.807, 2.05) is 59.4 Å². The fraction of sp³-hybridized carbons (Fsp3) is 0.250. The van der Waals surface area contributed by atoms with Crippen LogP contribution in [0.15, 0.2) is 48.1 Å². The van der Waals surface area contributed by atoms with Crippen molar-refractivity contribution in [3.63, 3.8) is 0 Å². The lowest BCUT2D eigenvalue weighted by Crippen LogP contribution is -2.18. The first kappa shape index (κ1) is 14.0. The quantitative estimate of drug-likeness (QED) is 0.701. The van der Waals surface area contributed by atoms with Crippen LogP contribution in [0.1, 0.15) is 24.3 Å². The predicted molar refractivity (Wildman–Crippen MR) is 82.6 cm³/mol. The van der Waals surface area contributed by atoms with Crippen molar-refractivity contribution in [1.82, 2.24) is 9.38 Å². The molecule has 0 saturated heterocycles. The van der Waals surface area contributed by atoms with E-state index in [-0.39, 0.29) is 12.2 Å². The first-order chi connectivity index (χ1) is 10.3. The van der Waals surface area contributed by atoms with E-state index in [0.29, 0.717) is 6.61 Å². The van der Waals surface area contributed by atoms with Gasteiger partial charge >= 0.3 is 0 Å².